The summed E-state index contributed by atoms with van der Waals surface area (Å²) in [6, 6.07) is 18.6. The lowest BCUT2D eigenvalue weighted by atomic mass is 10.0. The average molecular weight is 371 g/mol. The quantitative estimate of drug-likeness (QED) is 0.669. The van der Waals surface area contributed by atoms with Gasteiger partial charge in [-0.15, -0.1) is 0 Å². The molecule has 0 aromatic heterocycles. The summed E-state index contributed by atoms with van der Waals surface area (Å²) in [6.07, 6.45) is -4.43. The molecular weight excluding hydrogens is 355 g/mol. The Hall–Kier alpha value is -3.12. The Morgan fingerprint density at radius 2 is 1.56 bits per heavy atom. The molecule has 0 bridgehead atoms. The summed E-state index contributed by atoms with van der Waals surface area (Å²) in [4.78, 5) is 12.2. The number of alkyl halides is 3. The van der Waals surface area contributed by atoms with Gasteiger partial charge in [-0.2, -0.15) is 13.2 Å². The molecule has 0 unspecified atom stereocenters. The summed E-state index contributed by atoms with van der Waals surface area (Å²) in [5.74, 6) is -0.487. The predicted octanol–water partition coefficient (Wildman–Crippen LogP) is 5.12. The highest BCUT2D eigenvalue weighted by Crippen LogP contribution is 2.29. The Kier molecular flexibility index (Phi) is 5.28. The highest BCUT2D eigenvalue weighted by Gasteiger charge is 2.30. The van der Waals surface area contributed by atoms with Gasteiger partial charge in [0.15, 0.2) is 0 Å². The molecule has 0 fully saturated rings. The molecule has 0 radical (unpaired) electrons. The predicted molar refractivity (Wildman–Crippen MR) is 97.2 cm³/mol. The first-order valence-electron chi connectivity index (χ1n) is 8.15. The Morgan fingerprint density at radius 3 is 2.15 bits per heavy atom. The van der Waals surface area contributed by atoms with Crippen molar-refractivity contribution >= 4 is 11.6 Å². The lowest BCUT2D eigenvalue weighted by Gasteiger charge is -2.09. The Balaban J connectivity index is 1.71. The van der Waals surface area contributed by atoms with E-state index in [0.29, 0.717) is 5.69 Å². The monoisotopic (exact) mass is 371 g/mol. The van der Waals surface area contributed by atoms with E-state index in [9.17, 15) is 23.1 Å². The number of nitrogens with one attached hydrogen (secondary N) is 1. The maximum absolute atomic E-state index is 12.6. The lowest BCUT2D eigenvalue weighted by Crippen LogP contribution is -2.12. The number of carbonyl (C=O) groups excluding carboxylic acids is 1. The first-order chi connectivity index (χ1) is 12.9. The van der Waals surface area contributed by atoms with Crippen LogP contribution in [-0.4, -0.2) is 11.0 Å². The Morgan fingerprint density at radius 1 is 0.889 bits per heavy atom. The summed E-state index contributed by atoms with van der Waals surface area (Å²) in [7, 11) is 0. The fourth-order valence-electron chi connectivity index (χ4n) is 2.61. The van der Waals surface area contributed by atoms with E-state index in [1.54, 1.807) is 12.1 Å². The van der Waals surface area contributed by atoms with Crippen molar-refractivity contribution in [3.63, 3.8) is 0 Å². The van der Waals surface area contributed by atoms with Gasteiger partial charge in [0, 0.05) is 11.3 Å². The highest BCUT2D eigenvalue weighted by molar-refractivity contribution is 6.04. The zero-order chi connectivity index (χ0) is 19.4. The van der Waals surface area contributed by atoms with Gasteiger partial charge in [-0.25, -0.2) is 0 Å². The standard InChI is InChI=1S/C21H16F3NO2/c22-21(23,24)18-8-4-16(5-9-18)20(27)25-19-10-6-15(7-11-19)17-3-1-2-14(12-17)13-26/h1-12,26H,13H2,(H,25,27). The van der Waals surface area contributed by atoms with Crippen LogP contribution in [0.15, 0.2) is 72.8 Å². The number of halogens is 3. The number of aliphatic hydroxyl groups excluding tert-OH is 1. The molecule has 0 aliphatic rings. The molecule has 3 rings (SSSR count). The third kappa shape index (κ3) is 4.54. The van der Waals surface area contributed by atoms with E-state index in [2.05, 4.69) is 5.32 Å². The van der Waals surface area contributed by atoms with Crippen molar-refractivity contribution in [1.82, 2.24) is 0 Å². The molecule has 0 heterocycles. The van der Waals surface area contributed by atoms with Crippen molar-refractivity contribution in [3.8, 4) is 11.1 Å². The molecule has 3 aromatic carbocycles. The molecule has 27 heavy (non-hydrogen) atoms. The zero-order valence-electron chi connectivity index (χ0n) is 14.1. The lowest BCUT2D eigenvalue weighted by molar-refractivity contribution is -0.137. The van der Waals surface area contributed by atoms with Gasteiger partial charge in [-0.3, -0.25) is 4.79 Å². The van der Waals surface area contributed by atoms with Crippen LogP contribution in [0.25, 0.3) is 11.1 Å². The van der Waals surface area contributed by atoms with Crippen LogP contribution < -0.4 is 5.32 Å². The van der Waals surface area contributed by atoms with Crippen LogP contribution >= 0.6 is 0 Å². The number of aliphatic hydroxyl groups is 1. The van der Waals surface area contributed by atoms with E-state index in [1.807, 2.05) is 36.4 Å². The van der Waals surface area contributed by atoms with Gasteiger partial charge in [0.2, 0.25) is 0 Å². The van der Waals surface area contributed by atoms with Gasteiger partial charge in [0.05, 0.1) is 12.2 Å². The summed E-state index contributed by atoms with van der Waals surface area (Å²) >= 11 is 0. The van der Waals surface area contributed by atoms with Gasteiger partial charge in [0.25, 0.3) is 5.91 Å². The highest BCUT2D eigenvalue weighted by atomic mass is 19.4. The van der Waals surface area contributed by atoms with Crippen molar-refractivity contribution in [3.05, 3.63) is 89.5 Å². The second-order valence-corrected chi connectivity index (χ2v) is 5.97. The fraction of sp³-hybridized carbons (Fsp3) is 0.0952. The minimum atomic E-state index is -4.43. The van der Waals surface area contributed by atoms with Crippen LogP contribution in [0.1, 0.15) is 21.5 Å². The van der Waals surface area contributed by atoms with E-state index < -0.39 is 17.6 Å². The summed E-state index contributed by atoms with van der Waals surface area (Å²) in [5.41, 5.74) is 2.52. The molecule has 138 valence electrons. The smallest absolute Gasteiger partial charge is 0.392 e. The molecule has 1 amide bonds. The topological polar surface area (TPSA) is 49.3 Å². The average Bonchev–Trinajstić information content (AvgIpc) is 2.68. The Labute approximate surface area is 154 Å². The first-order valence-corrected chi connectivity index (χ1v) is 8.15. The zero-order valence-corrected chi connectivity index (χ0v) is 14.1. The number of hydrogen-bond acceptors (Lipinski definition) is 2. The third-order valence-electron chi connectivity index (χ3n) is 4.06. The molecule has 3 aromatic rings. The van der Waals surface area contributed by atoms with Crippen molar-refractivity contribution in [1.29, 1.82) is 0 Å². The molecule has 0 spiro atoms. The maximum Gasteiger partial charge on any atom is 0.416 e. The molecule has 0 aliphatic carbocycles. The molecular formula is C21H16F3NO2. The SMILES string of the molecule is O=C(Nc1ccc(-c2cccc(CO)c2)cc1)c1ccc(C(F)(F)F)cc1. The largest absolute Gasteiger partial charge is 0.416 e. The third-order valence-corrected chi connectivity index (χ3v) is 4.06. The van der Waals surface area contributed by atoms with Gasteiger partial charge < -0.3 is 10.4 Å². The summed E-state index contributed by atoms with van der Waals surface area (Å²) in [5, 5.41) is 11.9. The second kappa shape index (κ2) is 7.63. The number of amides is 1. The van der Waals surface area contributed by atoms with Crippen molar-refractivity contribution < 1.29 is 23.1 Å². The minimum absolute atomic E-state index is 0.0465. The minimum Gasteiger partial charge on any atom is -0.392 e. The van der Waals surface area contributed by atoms with E-state index >= 15 is 0 Å². The van der Waals surface area contributed by atoms with E-state index in [4.69, 9.17) is 0 Å². The van der Waals surface area contributed by atoms with Gasteiger partial charge in [-0.05, 0) is 59.2 Å². The molecule has 0 saturated heterocycles. The van der Waals surface area contributed by atoms with E-state index in [1.165, 1.54) is 0 Å². The molecule has 0 atom stereocenters. The molecule has 3 nitrogen and oxygen atoms in total. The molecule has 0 aliphatic heterocycles. The number of anilines is 1. The molecule has 6 heteroatoms. The van der Waals surface area contributed by atoms with E-state index in [0.717, 1.165) is 41.0 Å². The van der Waals surface area contributed by atoms with Crippen molar-refractivity contribution in [2.75, 3.05) is 5.32 Å². The van der Waals surface area contributed by atoms with Gasteiger partial charge in [0.1, 0.15) is 0 Å². The van der Waals surface area contributed by atoms with Gasteiger partial charge in [-0.1, -0.05) is 30.3 Å². The van der Waals surface area contributed by atoms with E-state index in [-0.39, 0.29) is 12.2 Å². The summed E-state index contributed by atoms with van der Waals surface area (Å²) in [6.45, 7) is -0.0465. The number of hydrogen-bond donors (Lipinski definition) is 2. The van der Waals surface area contributed by atoms with Crippen LogP contribution in [0.2, 0.25) is 0 Å². The Bertz CT molecular complexity index is 933. The number of benzene rings is 3. The summed E-state index contributed by atoms with van der Waals surface area (Å²) < 4.78 is 37.7. The first kappa shape index (κ1) is 18.7. The molecule has 0 saturated carbocycles. The molecule has 2 N–H and O–H groups in total. The van der Waals surface area contributed by atoms with Crippen LogP contribution in [0.4, 0.5) is 18.9 Å². The van der Waals surface area contributed by atoms with Crippen molar-refractivity contribution in [2.24, 2.45) is 0 Å². The maximum atomic E-state index is 12.6. The van der Waals surface area contributed by atoms with Crippen LogP contribution in [0.5, 0.6) is 0 Å². The normalized spacial score (nSPS) is 11.3. The fourth-order valence-corrected chi connectivity index (χ4v) is 2.61. The second-order valence-electron chi connectivity index (χ2n) is 5.97. The van der Waals surface area contributed by atoms with Crippen molar-refractivity contribution in [2.45, 2.75) is 12.8 Å². The van der Waals surface area contributed by atoms with Crippen LogP contribution in [0, 0.1) is 0 Å². The van der Waals surface area contributed by atoms with Crippen LogP contribution in [0.3, 0.4) is 0 Å². The number of rotatable bonds is 4. The van der Waals surface area contributed by atoms with Gasteiger partial charge >= 0.3 is 6.18 Å². The number of carbonyl (C=O) groups is 1. The van der Waals surface area contributed by atoms with Crippen LogP contribution in [-0.2, 0) is 12.8 Å².